The fourth-order valence-electron chi connectivity index (χ4n) is 8.22. The number of carbonyl (C=O) groups excluding carboxylic acids is 3. The summed E-state index contributed by atoms with van der Waals surface area (Å²) in [6, 6.07) is 0. The topological polar surface area (TPSA) is 78.9 Å². The van der Waals surface area contributed by atoms with E-state index in [2.05, 4.69) is 130 Å². The molecular formula is C67H112O6. The molecule has 6 nitrogen and oxygen atoms in total. The predicted molar refractivity (Wildman–Crippen MR) is 316 cm³/mol. The van der Waals surface area contributed by atoms with Crippen LogP contribution >= 0.6 is 0 Å². The molecule has 0 aromatic heterocycles. The lowest BCUT2D eigenvalue weighted by Gasteiger charge is -2.18. The highest BCUT2D eigenvalue weighted by atomic mass is 16.6. The molecule has 0 rings (SSSR count). The lowest BCUT2D eigenvalue weighted by molar-refractivity contribution is -0.167. The molecule has 1 atom stereocenters. The van der Waals surface area contributed by atoms with Crippen LogP contribution in [0.2, 0.25) is 0 Å². The summed E-state index contributed by atoms with van der Waals surface area (Å²) in [7, 11) is 0. The van der Waals surface area contributed by atoms with Crippen molar-refractivity contribution in [1.29, 1.82) is 0 Å². The predicted octanol–water partition coefficient (Wildman–Crippen LogP) is 20.7. The number of rotatable bonds is 54. The molecular weight excluding hydrogens is 901 g/mol. The van der Waals surface area contributed by atoms with Crippen LogP contribution in [0, 0.1) is 0 Å². The van der Waals surface area contributed by atoms with Crippen molar-refractivity contribution in [3.05, 3.63) is 109 Å². The fourth-order valence-corrected chi connectivity index (χ4v) is 8.22. The van der Waals surface area contributed by atoms with E-state index in [4.69, 9.17) is 14.2 Å². The molecule has 0 amide bonds. The van der Waals surface area contributed by atoms with E-state index in [1.807, 2.05) is 0 Å². The summed E-state index contributed by atoms with van der Waals surface area (Å²) in [5.74, 6) is -0.913. The van der Waals surface area contributed by atoms with Crippen LogP contribution in [0.4, 0.5) is 0 Å². The Balaban J connectivity index is 4.12. The van der Waals surface area contributed by atoms with Crippen molar-refractivity contribution in [3.63, 3.8) is 0 Å². The molecule has 0 aliphatic heterocycles. The van der Waals surface area contributed by atoms with Crippen molar-refractivity contribution >= 4 is 17.9 Å². The van der Waals surface area contributed by atoms with Crippen LogP contribution in [0.25, 0.3) is 0 Å². The zero-order valence-corrected chi connectivity index (χ0v) is 47.6. The van der Waals surface area contributed by atoms with Gasteiger partial charge in [0.25, 0.3) is 0 Å². The highest BCUT2D eigenvalue weighted by Gasteiger charge is 2.19. The van der Waals surface area contributed by atoms with Crippen LogP contribution in [0.5, 0.6) is 0 Å². The standard InChI is InChI=1S/C67H112O6/c1-4-7-10-13-15-17-19-21-23-25-27-28-29-30-31-32-33-34-35-36-37-38-40-41-43-45-47-49-51-54-57-60-66(69)72-63-64(62-71-65(68)59-56-53-12-9-6-3)73-67(70)61-58-55-52-50-48-46-44-42-39-26-24-22-20-18-16-14-11-8-5-2/h7,10,15,17,21-24,27-28,30-31,33-34,36-37,40-41,64H,4-6,8-9,11-14,16,18-20,25-26,29,32,35,38-39,42-63H2,1-3H3/b10-7-,17-15-,23-21-,24-22-,28-27-,31-30-,34-33-,37-36-,41-40-. The smallest absolute Gasteiger partial charge is 0.306 e. The zero-order chi connectivity index (χ0) is 52.9. The molecule has 0 aromatic rings. The Labute approximate surface area is 450 Å². The SMILES string of the molecule is CC/C=C\C/C=C\C/C=C\C/C=C\C/C=C\C/C=C\C/C=C\C/C=C\CCCCCCCCC(=O)OCC(COC(=O)CCCCCCC)OC(=O)CCCCCCCCCCC/C=C\CCCCCCCC. The summed E-state index contributed by atoms with van der Waals surface area (Å²) < 4.78 is 16.7. The van der Waals surface area contributed by atoms with Crippen molar-refractivity contribution in [2.45, 2.75) is 284 Å². The molecule has 0 bridgehead atoms. The van der Waals surface area contributed by atoms with Gasteiger partial charge in [-0.15, -0.1) is 0 Å². The largest absolute Gasteiger partial charge is 0.462 e. The van der Waals surface area contributed by atoms with Crippen molar-refractivity contribution in [2.75, 3.05) is 13.2 Å². The molecule has 0 fully saturated rings. The minimum atomic E-state index is -0.783. The summed E-state index contributed by atoms with van der Waals surface area (Å²) in [5, 5.41) is 0. The van der Waals surface area contributed by atoms with Gasteiger partial charge in [0.1, 0.15) is 13.2 Å². The lowest BCUT2D eigenvalue weighted by atomic mass is 10.1. The van der Waals surface area contributed by atoms with Crippen LogP contribution < -0.4 is 0 Å². The molecule has 0 N–H and O–H groups in total. The van der Waals surface area contributed by atoms with E-state index in [9.17, 15) is 14.4 Å². The normalized spacial score (nSPS) is 12.9. The summed E-state index contributed by atoms with van der Waals surface area (Å²) in [6.07, 6.45) is 82.7. The number of hydrogen-bond acceptors (Lipinski definition) is 6. The second kappa shape index (κ2) is 60.6. The maximum Gasteiger partial charge on any atom is 0.306 e. The van der Waals surface area contributed by atoms with E-state index in [1.54, 1.807) is 0 Å². The average molecular weight is 1010 g/mol. The van der Waals surface area contributed by atoms with Crippen LogP contribution in [0.3, 0.4) is 0 Å². The molecule has 0 aromatic carbocycles. The Morgan fingerprint density at radius 3 is 0.849 bits per heavy atom. The number of unbranched alkanes of at least 4 members (excludes halogenated alkanes) is 25. The Morgan fingerprint density at radius 2 is 0.534 bits per heavy atom. The molecule has 0 aliphatic carbocycles. The molecule has 0 aliphatic rings. The number of esters is 3. The monoisotopic (exact) mass is 1010 g/mol. The van der Waals surface area contributed by atoms with Gasteiger partial charge >= 0.3 is 17.9 Å². The molecule has 0 spiro atoms. The van der Waals surface area contributed by atoms with Gasteiger partial charge in [-0.2, -0.15) is 0 Å². The molecule has 0 radical (unpaired) electrons. The van der Waals surface area contributed by atoms with Gasteiger partial charge < -0.3 is 14.2 Å². The van der Waals surface area contributed by atoms with E-state index in [0.717, 1.165) is 128 Å². The molecule has 1 unspecified atom stereocenters. The van der Waals surface area contributed by atoms with Crippen LogP contribution in [0.15, 0.2) is 109 Å². The van der Waals surface area contributed by atoms with E-state index < -0.39 is 6.10 Å². The first-order valence-corrected chi connectivity index (χ1v) is 30.4. The molecule has 73 heavy (non-hydrogen) atoms. The van der Waals surface area contributed by atoms with E-state index in [1.165, 1.54) is 109 Å². The molecule has 6 heteroatoms. The van der Waals surface area contributed by atoms with E-state index in [-0.39, 0.29) is 31.1 Å². The number of hydrogen-bond donors (Lipinski definition) is 0. The summed E-state index contributed by atoms with van der Waals surface area (Å²) in [6.45, 7) is 6.43. The Morgan fingerprint density at radius 1 is 0.288 bits per heavy atom. The second-order valence-electron chi connectivity index (χ2n) is 19.9. The van der Waals surface area contributed by atoms with Crippen molar-refractivity contribution in [2.24, 2.45) is 0 Å². The Kier molecular flexibility index (Phi) is 57.4. The number of ether oxygens (including phenoxy) is 3. The summed E-state index contributed by atoms with van der Waals surface area (Å²) in [5.41, 5.74) is 0. The highest BCUT2D eigenvalue weighted by Crippen LogP contribution is 2.15. The minimum absolute atomic E-state index is 0.0841. The number of allylic oxidation sites excluding steroid dienone is 18. The van der Waals surface area contributed by atoms with Gasteiger partial charge in [-0.25, -0.2) is 0 Å². The van der Waals surface area contributed by atoms with Gasteiger partial charge in [-0.05, 0) is 109 Å². The van der Waals surface area contributed by atoms with Gasteiger partial charge in [-0.3, -0.25) is 14.4 Å². The number of carbonyl (C=O) groups is 3. The Hall–Kier alpha value is -3.93. The van der Waals surface area contributed by atoms with Crippen LogP contribution in [0.1, 0.15) is 278 Å². The van der Waals surface area contributed by atoms with Crippen LogP contribution in [-0.2, 0) is 28.6 Å². The van der Waals surface area contributed by atoms with Crippen molar-refractivity contribution in [3.8, 4) is 0 Å². The average Bonchev–Trinajstić information content (AvgIpc) is 3.39. The van der Waals surface area contributed by atoms with Crippen molar-refractivity contribution < 1.29 is 28.6 Å². The van der Waals surface area contributed by atoms with Crippen molar-refractivity contribution in [1.82, 2.24) is 0 Å². The van der Waals surface area contributed by atoms with Gasteiger partial charge in [0, 0.05) is 19.3 Å². The summed E-state index contributed by atoms with van der Waals surface area (Å²) in [4.78, 5) is 37.8. The molecule has 416 valence electrons. The third kappa shape index (κ3) is 58.8. The van der Waals surface area contributed by atoms with E-state index in [0.29, 0.717) is 19.3 Å². The molecule has 0 saturated heterocycles. The first-order valence-electron chi connectivity index (χ1n) is 30.4. The molecule has 0 saturated carbocycles. The van der Waals surface area contributed by atoms with Gasteiger partial charge in [0.05, 0.1) is 0 Å². The van der Waals surface area contributed by atoms with Gasteiger partial charge in [0.15, 0.2) is 6.10 Å². The van der Waals surface area contributed by atoms with E-state index >= 15 is 0 Å². The lowest BCUT2D eigenvalue weighted by Crippen LogP contribution is -2.30. The molecule has 0 heterocycles. The second-order valence-corrected chi connectivity index (χ2v) is 19.9. The maximum absolute atomic E-state index is 12.8. The minimum Gasteiger partial charge on any atom is -0.462 e. The third-order valence-corrected chi connectivity index (χ3v) is 12.8. The first-order chi connectivity index (χ1) is 36.0. The highest BCUT2D eigenvalue weighted by molar-refractivity contribution is 5.71. The summed E-state index contributed by atoms with van der Waals surface area (Å²) >= 11 is 0. The van der Waals surface area contributed by atoms with Crippen LogP contribution in [-0.4, -0.2) is 37.2 Å². The maximum atomic E-state index is 12.8. The Bertz CT molecular complexity index is 1490. The quantitative estimate of drug-likeness (QED) is 0.0261. The van der Waals surface area contributed by atoms with Gasteiger partial charge in [0.2, 0.25) is 0 Å². The zero-order valence-electron chi connectivity index (χ0n) is 47.6. The first kappa shape index (κ1) is 69.1. The van der Waals surface area contributed by atoms with Gasteiger partial charge in [-0.1, -0.05) is 259 Å². The fraction of sp³-hybridized carbons (Fsp3) is 0.687. The third-order valence-electron chi connectivity index (χ3n) is 12.8.